The highest BCUT2D eigenvalue weighted by Crippen LogP contribution is 2.29. The van der Waals surface area contributed by atoms with Gasteiger partial charge in [-0.15, -0.1) is 0 Å². The minimum atomic E-state index is 0.0880. The lowest BCUT2D eigenvalue weighted by atomic mass is 10.1. The monoisotopic (exact) mass is 435 g/mol. The number of hydrogen-bond donors (Lipinski definition) is 1. The number of carbonyl (C=O) groups is 1. The van der Waals surface area contributed by atoms with E-state index in [9.17, 15) is 4.79 Å². The van der Waals surface area contributed by atoms with E-state index >= 15 is 0 Å². The number of carbonyl (C=O) groups excluding carboxylic acids is 1. The van der Waals surface area contributed by atoms with Crippen LogP contribution in [0, 0.1) is 0 Å². The van der Waals surface area contributed by atoms with Crippen LogP contribution in [-0.2, 0) is 13.1 Å². The van der Waals surface area contributed by atoms with E-state index in [1.807, 2.05) is 40.3 Å². The number of fused-ring (bicyclic) bond motifs is 1. The molecule has 1 aromatic heterocycles. The Bertz CT molecular complexity index is 1050. The fourth-order valence-corrected chi connectivity index (χ4v) is 4.32. The lowest BCUT2D eigenvalue weighted by Gasteiger charge is -2.36. The van der Waals surface area contributed by atoms with Gasteiger partial charge in [0.25, 0.3) is 0 Å². The number of aromatic nitrogens is 1. The molecule has 2 heterocycles. The van der Waals surface area contributed by atoms with Crippen molar-refractivity contribution in [1.29, 1.82) is 0 Å². The molecule has 1 fully saturated rings. The summed E-state index contributed by atoms with van der Waals surface area (Å²) in [6.07, 6.45) is 6.25. The van der Waals surface area contributed by atoms with Crippen LogP contribution < -0.4 is 9.47 Å². The largest absolute Gasteiger partial charge is 0.493 e. The number of H-pyrrole nitrogens is 1. The summed E-state index contributed by atoms with van der Waals surface area (Å²) in [6.45, 7) is 5.60. The molecule has 0 saturated carbocycles. The van der Waals surface area contributed by atoms with Gasteiger partial charge in [-0.05, 0) is 48.2 Å². The van der Waals surface area contributed by atoms with E-state index in [1.165, 1.54) is 10.9 Å². The van der Waals surface area contributed by atoms with Crippen molar-refractivity contribution in [3.63, 3.8) is 0 Å². The van der Waals surface area contributed by atoms with Gasteiger partial charge in [0.15, 0.2) is 11.5 Å². The third kappa shape index (κ3) is 5.01. The summed E-state index contributed by atoms with van der Waals surface area (Å²) >= 11 is 0. The number of nitrogens with one attached hydrogen (secondary N) is 1. The molecule has 32 heavy (non-hydrogen) atoms. The summed E-state index contributed by atoms with van der Waals surface area (Å²) in [4.78, 5) is 20.4. The molecule has 170 valence electrons. The molecule has 0 radical (unpaired) electrons. The highest BCUT2D eigenvalue weighted by atomic mass is 16.5. The molecule has 3 aromatic rings. The van der Waals surface area contributed by atoms with Gasteiger partial charge in [-0.25, -0.2) is 4.79 Å². The van der Waals surface area contributed by atoms with Crippen LogP contribution in [-0.4, -0.2) is 47.6 Å². The Hall–Kier alpha value is -3.15. The molecule has 4 rings (SSSR count). The molecule has 0 aliphatic carbocycles. The zero-order valence-electron chi connectivity index (χ0n) is 19.1. The number of rotatable bonds is 10. The summed E-state index contributed by atoms with van der Waals surface area (Å²) in [5.41, 5.74) is 3.33. The quantitative estimate of drug-likeness (QED) is 0.423. The second-order valence-corrected chi connectivity index (χ2v) is 8.38. The van der Waals surface area contributed by atoms with E-state index in [-0.39, 0.29) is 6.03 Å². The van der Waals surface area contributed by atoms with Gasteiger partial charge in [-0.1, -0.05) is 38.0 Å². The Balaban J connectivity index is 1.43. The van der Waals surface area contributed by atoms with Gasteiger partial charge in [-0.2, -0.15) is 0 Å². The van der Waals surface area contributed by atoms with Crippen LogP contribution in [0.1, 0.15) is 43.7 Å². The van der Waals surface area contributed by atoms with E-state index < -0.39 is 0 Å². The van der Waals surface area contributed by atoms with Crippen molar-refractivity contribution in [2.24, 2.45) is 0 Å². The molecule has 0 atom stereocenters. The van der Waals surface area contributed by atoms with E-state index in [2.05, 4.69) is 30.1 Å². The molecule has 0 unspecified atom stereocenters. The maximum Gasteiger partial charge on any atom is 0.320 e. The third-order valence-electron chi connectivity index (χ3n) is 6.05. The number of urea groups is 1. The summed E-state index contributed by atoms with van der Waals surface area (Å²) in [7, 11) is 1.66. The normalized spacial score (nSPS) is 14.2. The molecular formula is C26H33N3O3. The highest BCUT2D eigenvalue weighted by Gasteiger charge is 2.26. The molecule has 2 aromatic carbocycles. The number of ether oxygens (including phenoxy) is 2. The summed E-state index contributed by atoms with van der Waals surface area (Å²) < 4.78 is 11.4. The van der Waals surface area contributed by atoms with E-state index in [4.69, 9.17) is 9.47 Å². The average Bonchev–Trinajstić information content (AvgIpc) is 3.29. The number of unbranched alkanes of at least 4 members (excludes halogenated alkanes) is 2. The van der Waals surface area contributed by atoms with Crippen LogP contribution in [0.4, 0.5) is 4.79 Å². The summed E-state index contributed by atoms with van der Waals surface area (Å²) in [5, 5.41) is 1.18. The average molecular weight is 436 g/mol. The second kappa shape index (κ2) is 10.4. The van der Waals surface area contributed by atoms with Crippen molar-refractivity contribution in [2.45, 2.75) is 45.7 Å². The predicted molar refractivity (Wildman–Crippen MR) is 127 cm³/mol. The first-order chi connectivity index (χ1) is 15.7. The van der Waals surface area contributed by atoms with Crippen LogP contribution in [0.3, 0.4) is 0 Å². The van der Waals surface area contributed by atoms with Crippen LogP contribution in [0.15, 0.2) is 48.7 Å². The predicted octanol–water partition coefficient (Wildman–Crippen LogP) is 5.57. The Labute approximate surface area is 190 Å². The highest BCUT2D eigenvalue weighted by molar-refractivity contribution is 5.83. The van der Waals surface area contributed by atoms with Crippen LogP contribution in [0.25, 0.3) is 10.9 Å². The van der Waals surface area contributed by atoms with Gasteiger partial charge >= 0.3 is 6.03 Å². The van der Waals surface area contributed by atoms with Crippen LogP contribution in [0.2, 0.25) is 0 Å². The molecule has 6 heteroatoms. The first-order valence-corrected chi connectivity index (χ1v) is 11.6. The van der Waals surface area contributed by atoms with Crippen LogP contribution >= 0.6 is 0 Å². The number of benzene rings is 2. The van der Waals surface area contributed by atoms with Gasteiger partial charge in [0.2, 0.25) is 0 Å². The number of aromatic amines is 1. The fourth-order valence-electron chi connectivity index (χ4n) is 4.32. The SMILES string of the molecule is CCCCCOc1cc(CN2CCCN(Cc3cccc4[nH]ccc34)C2=O)ccc1OC. The maximum atomic E-state index is 13.2. The van der Waals surface area contributed by atoms with Gasteiger partial charge in [0, 0.05) is 43.3 Å². The molecule has 1 saturated heterocycles. The van der Waals surface area contributed by atoms with E-state index in [0.717, 1.165) is 61.4 Å². The number of amides is 2. The topological polar surface area (TPSA) is 57.8 Å². The molecule has 1 aliphatic rings. The lowest BCUT2D eigenvalue weighted by Crippen LogP contribution is -2.48. The number of methoxy groups -OCH3 is 1. The van der Waals surface area contributed by atoms with Crippen molar-refractivity contribution < 1.29 is 14.3 Å². The second-order valence-electron chi connectivity index (χ2n) is 8.38. The first-order valence-electron chi connectivity index (χ1n) is 11.6. The Morgan fingerprint density at radius 2 is 1.84 bits per heavy atom. The van der Waals surface area contributed by atoms with Crippen molar-refractivity contribution >= 4 is 16.9 Å². The van der Waals surface area contributed by atoms with Crippen LogP contribution in [0.5, 0.6) is 11.5 Å². The maximum absolute atomic E-state index is 13.2. The summed E-state index contributed by atoms with van der Waals surface area (Å²) in [5.74, 6) is 1.48. The Morgan fingerprint density at radius 1 is 1.00 bits per heavy atom. The fraction of sp³-hybridized carbons (Fsp3) is 0.423. The van der Waals surface area contributed by atoms with Gasteiger partial charge in [-0.3, -0.25) is 0 Å². The Kier molecular flexibility index (Phi) is 7.20. The van der Waals surface area contributed by atoms with Gasteiger partial charge < -0.3 is 24.3 Å². The summed E-state index contributed by atoms with van der Waals surface area (Å²) in [6, 6.07) is 14.3. The van der Waals surface area contributed by atoms with Crippen molar-refractivity contribution in [3.8, 4) is 11.5 Å². The standard InChI is InChI=1S/C26H33N3O3/c1-3-4-5-16-32-25-17-20(10-11-24(25)31-2)18-28-14-7-15-29(26(28)30)19-21-8-6-9-23-22(21)12-13-27-23/h6,8-13,17,27H,3-5,7,14-16,18-19H2,1-2H3. The molecule has 1 N–H and O–H groups in total. The molecule has 6 nitrogen and oxygen atoms in total. The smallest absolute Gasteiger partial charge is 0.320 e. The minimum absolute atomic E-state index is 0.0880. The molecule has 1 aliphatic heterocycles. The molecular weight excluding hydrogens is 402 g/mol. The zero-order valence-corrected chi connectivity index (χ0v) is 19.1. The van der Waals surface area contributed by atoms with Crippen molar-refractivity contribution in [3.05, 3.63) is 59.8 Å². The zero-order chi connectivity index (χ0) is 22.3. The van der Waals surface area contributed by atoms with E-state index in [1.54, 1.807) is 7.11 Å². The van der Waals surface area contributed by atoms with Crippen molar-refractivity contribution in [2.75, 3.05) is 26.8 Å². The van der Waals surface area contributed by atoms with Crippen molar-refractivity contribution in [1.82, 2.24) is 14.8 Å². The third-order valence-corrected chi connectivity index (χ3v) is 6.05. The number of nitrogens with zero attached hydrogens (tertiary/aromatic N) is 2. The van der Waals surface area contributed by atoms with Gasteiger partial charge in [0.05, 0.1) is 13.7 Å². The number of hydrogen-bond acceptors (Lipinski definition) is 3. The van der Waals surface area contributed by atoms with E-state index in [0.29, 0.717) is 19.7 Å². The first kappa shape index (κ1) is 22.1. The molecule has 0 spiro atoms. The van der Waals surface area contributed by atoms with Gasteiger partial charge in [0.1, 0.15) is 0 Å². The molecule has 0 bridgehead atoms. The molecule has 2 amide bonds. The minimum Gasteiger partial charge on any atom is -0.493 e. The Morgan fingerprint density at radius 3 is 2.66 bits per heavy atom. The lowest BCUT2D eigenvalue weighted by molar-refractivity contribution is 0.123.